The van der Waals surface area contributed by atoms with Gasteiger partial charge < -0.3 is 24.8 Å². The normalized spacial score (nSPS) is 14.9. The number of aliphatic hydroxyl groups is 1. The van der Waals surface area contributed by atoms with Gasteiger partial charge in [0.15, 0.2) is 0 Å². The number of nitrogens with one attached hydrogen (secondary N) is 1. The molecule has 3 aromatic rings. The Hall–Kier alpha value is -3.84. The summed E-state index contributed by atoms with van der Waals surface area (Å²) in [4.78, 5) is 19.0. The van der Waals surface area contributed by atoms with Crippen LogP contribution in [0.15, 0.2) is 36.8 Å². The second-order valence-electron chi connectivity index (χ2n) is 11.0. The third-order valence-electron chi connectivity index (χ3n) is 5.90. The number of ether oxygens (including phenoxy) is 2. The molecule has 1 aliphatic rings. The van der Waals surface area contributed by atoms with E-state index in [1.165, 1.54) is 6.20 Å². The summed E-state index contributed by atoms with van der Waals surface area (Å²) in [6.07, 6.45) is 6.21. The number of fused-ring (bicyclic) bond motifs is 1. The summed E-state index contributed by atoms with van der Waals surface area (Å²) in [6, 6.07) is 8.03. The Labute approximate surface area is 216 Å². The molecule has 0 radical (unpaired) electrons. The maximum absolute atomic E-state index is 12.1. The Morgan fingerprint density at radius 1 is 1.22 bits per heavy atom. The minimum atomic E-state index is -0.990. The molecule has 1 amide bonds. The summed E-state index contributed by atoms with van der Waals surface area (Å²) in [5.41, 5.74) is 1.20. The molecule has 0 aliphatic carbocycles. The van der Waals surface area contributed by atoms with Gasteiger partial charge in [-0.2, -0.15) is 10.4 Å². The van der Waals surface area contributed by atoms with Crippen molar-refractivity contribution < 1.29 is 19.4 Å². The molecule has 37 heavy (non-hydrogen) atoms. The molecule has 4 heterocycles. The minimum absolute atomic E-state index is 0.0663. The van der Waals surface area contributed by atoms with E-state index in [2.05, 4.69) is 21.4 Å². The summed E-state index contributed by atoms with van der Waals surface area (Å²) < 4.78 is 12.8. The zero-order valence-electron chi connectivity index (χ0n) is 22.0. The molecule has 0 bridgehead atoms. The topological polar surface area (TPSA) is 125 Å². The number of pyridine rings is 2. The number of alkyl carbamates (subject to hydrolysis) is 1. The zero-order valence-corrected chi connectivity index (χ0v) is 22.0. The monoisotopic (exact) mass is 506 g/mol. The number of carbonyl (C=O) groups excluding carboxylic acids is 1. The van der Waals surface area contributed by atoms with Gasteiger partial charge in [-0.15, -0.1) is 0 Å². The van der Waals surface area contributed by atoms with Crippen LogP contribution < -0.4 is 15.0 Å². The number of piperidine rings is 1. The Balaban J connectivity index is 1.49. The van der Waals surface area contributed by atoms with E-state index in [1.54, 1.807) is 30.8 Å². The number of nitrogens with zero attached hydrogens (tertiary/aromatic N) is 5. The highest BCUT2D eigenvalue weighted by molar-refractivity contribution is 5.85. The highest BCUT2D eigenvalue weighted by atomic mass is 16.6. The quantitative estimate of drug-likeness (QED) is 0.516. The number of aromatic nitrogens is 3. The van der Waals surface area contributed by atoms with Gasteiger partial charge in [-0.1, -0.05) is 0 Å². The first kappa shape index (κ1) is 26.2. The van der Waals surface area contributed by atoms with Gasteiger partial charge in [0.25, 0.3) is 0 Å². The molecule has 2 N–H and O–H groups in total. The third kappa shape index (κ3) is 6.68. The molecule has 10 nitrogen and oxygen atoms in total. The molecule has 0 atom stereocenters. The third-order valence-corrected chi connectivity index (χ3v) is 5.90. The van der Waals surface area contributed by atoms with Crippen LogP contribution in [0.5, 0.6) is 5.75 Å². The van der Waals surface area contributed by atoms with Gasteiger partial charge in [0.2, 0.25) is 0 Å². The Morgan fingerprint density at radius 3 is 2.54 bits per heavy atom. The molecule has 196 valence electrons. The summed E-state index contributed by atoms with van der Waals surface area (Å²) >= 11 is 0. The van der Waals surface area contributed by atoms with Crippen LogP contribution in [0.3, 0.4) is 0 Å². The van der Waals surface area contributed by atoms with E-state index in [0.29, 0.717) is 16.8 Å². The summed E-state index contributed by atoms with van der Waals surface area (Å²) in [5.74, 6) is 1.37. The first-order valence-electron chi connectivity index (χ1n) is 12.4. The van der Waals surface area contributed by atoms with E-state index in [1.807, 2.05) is 39.0 Å². The van der Waals surface area contributed by atoms with Crippen molar-refractivity contribution in [2.45, 2.75) is 64.7 Å². The molecule has 0 spiro atoms. The van der Waals surface area contributed by atoms with Crippen LogP contribution in [0.25, 0.3) is 16.6 Å². The molecular weight excluding hydrogens is 472 g/mol. The highest BCUT2D eigenvalue weighted by Gasteiger charge is 2.24. The van der Waals surface area contributed by atoms with Crippen molar-refractivity contribution in [1.82, 2.24) is 19.9 Å². The van der Waals surface area contributed by atoms with Gasteiger partial charge in [-0.25, -0.2) is 14.3 Å². The number of anilines is 1. The maximum atomic E-state index is 12.1. The van der Waals surface area contributed by atoms with Crippen LogP contribution in [0, 0.1) is 11.3 Å². The summed E-state index contributed by atoms with van der Waals surface area (Å²) in [6.45, 7) is 10.5. The van der Waals surface area contributed by atoms with Crippen LogP contribution in [0.2, 0.25) is 0 Å². The first-order chi connectivity index (χ1) is 17.4. The lowest BCUT2D eigenvalue weighted by Gasteiger charge is -2.33. The number of hydrogen-bond donors (Lipinski definition) is 2. The van der Waals surface area contributed by atoms with E-state index < -0.39 is 11.2 Å². The SMILES string of the molecule is CC(C)(O)COc1cc(-c2ccc(N3CCC(NC(=O)OC(C)(C)C)CC3)nc2)c2c(C#N)cnn2c1. The minimum Gasteiger partial charge on any atom is -0.489 e. The molecule has 1 fully saturated rings. The molecule has 0 unspecified atom stereocenters. The van der Waals surface area contributed by atoms with E-state index >= 15 is 0 Å². The molecule has 3 aromatic heterocycles. The number of hydrogen-bond acceptors (Lipinski definition) is 8. The van der Waals surface area contributed by atoms with Crippen molar-refractivity contribution in [1.29, 1.82) is 5.26 Å². The number of amides is 1. The molecule has 4 rings (SSSR count). The highest BCUT2D eigenvalue weighted by Crippen LogP contribution is 2.32. The Morgan fingerprint density at radius 2 is 1.95 bits per heavy atom. The van der Waals surface area contributed by atoms with Crippen LogP contribution in [0.4, 0.5) is 10.6 Å². The number of nitriles is 1. The average Bonchev–Trinajstić information content (AvgIpc) is 3.24. The standard InChI is InChI=1S/C27H34N6O4/c1-26(2,3)37-25(34)31-20-8-10-32(11-9-20)23-7-6-18(14-29-23)22-12-21(36-17-27(4,5)35)16-33-24(22)19(13-28)15-30-33/h6-7,12,14-16,20,35H,8-11,17H2,1-5H3,(H,31,34). The van der Waals surface area contributed by atoms with Crippen molar-refractivity contribution in [2.75, 3.05) is 24.6 Å². The fraction of sp³-hybridized carbons (Fsp3) is 0.481. The van der Waals surface area contributed by atoms with Gasteiger partial charge >= 0.3 is 6.09 Å². The fourth-order valence-corrected chi connectivity index (χ4v) is 4.20. The second-order valence-corrected chi connectivity index (χ2v) is 11.0. The lowest BCUT2D eigenvalue weighted by atomic mass is 10.0. The van der Waals surface area contributed by atoms with Crippen molar-refractivity contribution >= 4 is 17.4 Å². The molecule has 1 saturated heterocycles. The van der Waals surface area contributed by atoms with E-state index in [0.717, 1.165) is 42.9 Å². The Kier molecular flexibility index (Phi) is 7.28. The molecule has 0 aromatic carbocycles. The maximum Gasteiger partial charge on any atom is 0.407 e. The predicted octanol–water partition coefficient (Wildman–Crippen LogP) is 3.91. The number of rotatable bonds is 6. The average molecular weight is 507 g/mol. The molecule has 10 heteroatoms. The van der Waals surface area contributed by atoms with Crippen molar-refractivity contribution in [2.24, 2.45) is 0 Å². The lowest BCUT2D eigenvalue weighted by Crippen LogP contribution is -2.46. The van der Waals surface area contributed by atoms with Gasteiger partial charge in [0, 0.05) is 36.5 Å². The van der Waals surface area contributed by atoms with E-state index in [-0.39, 0.29) is 18.7 Å². The zero-order chi connectivity index (χ0) is 26.8. The van der Waals surface area contributed by atoms with Gasteiger partial charge in [0.1, 0.15) is 29.8 Å². The van der Waals surface area contributed by atoms with Crippen molar-refractivity contribution in [3.8, 4) is 22.9 Å². The van der Waals surface area contributed by atoms with Gasteiger partial charge in [0.05, 0.1) is 29.1 Å². The molecule has 0 saturated carbocycles. The first-order valence-corrected chi connectivity index (χ1v) is 12.4. The van der Waals surface area contributed by atoms with E-state index in [4.69, 9.17) is 14.5 Å². The molecular formula is C27H34N6O4. The fourth-order valence-electron chi connectivity index (χ4n) is 4.20. The van der Waals surface area contributed by atoms with Crippen molar-refractivity contribution in [3.63, 3.8) is 0 Å². The largest absolute Gasteiger partial charge is 0.489 e. The van der Waals surface area contributed by atoms with E-state index in [9.17, 15) is 15.2 Å². The van der Waals surface area contributed by atoms with Crippen molar-refractivity contribution in [3.05, 3.63) is 42.4 Å². The predicted molar refractivity (Wildman–Crippen MR) is 140 cm³/mol. The lowest BCUT2D eigenvalue weighted by molar-refractivity contribution is 0.0283. The smallest absolute Gasteiger partial charge is 0.407 e. The van der Waals surface area contributed by atoms with Crippen LogP contribution in [-0.2, 0) is 4.74 Å². The molecule has 1 aliphatic heterocycles. The van der Waals surface area contributed by atoms with Crippen LogP contribution >= 0.6 is 0 Å². The Bertz CT molecular complexity index is 1290. The summed E-state index contributed by atoms with van der Waals surface area (Å²) in [5, 5.41) is 26.9. The number of carbonyl (C=O) groups is 1. The van der Waals surface area contributed by atoms with Gasteiger partial charge in [-0.05, 0) is 65.7 Å². The second kappa shape index (κ2) is 10.3. The van der Waals surface area contributed by atoms with Crippen LogP contribution in [-0.4, -0.2) is 62.7 Å². The van der Waals surface area contributed by atoms with Gasteiger partial charge in [-0.3, -0.25) is 0 Å². The van der Waals surface area contributed by atoms with Crippen LogP contribution in [0.1, 0.15) is 53.0 Å². The summed E-state index contributed by atoms with van der Waals surface area (Å²) in [7, 11) is 0.